The summed E-state index contributed by atoms with van der Waals surface area (Å²) in [5.41, 5.74) is -0.0570. The number of fused-ring (bicyclic) bond motifs is 1. The van der Waals surface area contributed by atoms with E-state index in [0.29, 0.717) is 5.13 Å². The van der Waals surface area contributed by atoms with Crippen molar-refractivity contribution in [3.05, 3.63) is 23.3 Å². The van der Waals surface area contributed by atoms with E-state index in [4.69, 9.17) is 0 Å². The van der Waals surface area contributed by atoms with E-state index < -0.39 is 18.1 Å². The van der Waals surface area contributed by atoms with Gasteiger partial charge in [-0.1, -0.05) is 0 Å². The molecule has 10 heteroatoms. The molecule has 0 saturated heterocycles. The Morgan fingerprint density at radius 1 is 1.42 bits per heavy atom. The topological polar surface area (TPSA) is 71.8 Å². The highest BCUT2D eigenvalue weighted by atomic mass is 32.1. The van der Waals surface area contributed by atoms with Gasteiger partial charge in [-0.15, -0.1) is 11.3 Å². The molecule has 1 saturated carbocycles. The molecule has 1 amide bonds. The maximum absolute atomic E-state index is 13.4. The van der Waals surface area contributed by atoms with Crippen molar-refractivity contribution in [2.24, 2.45) is 5.92 Å². The molecule has 24 heavy (non-hydrogen) atoms. The Bertz CT molecular complexity index is 753. The number of nitrogens with one attached hydrogen (secondary N) is 2. The Kier molecular flexibility index (Phi) is 3.52. The Labute approximate surface area is 139 Å². The van der Waals surface area contributed by atoms with Gasteiger partial charge in [-0.05, 0) is 25.2 Å². The maximum Gasteiger partial charge on any atom is 0.410 e. The summed E-state index contributed by atoms with van der Waals surface area (Å²) >= 11 is 1.22. The number of carbonyl (C=O) groups is 1. The Morgan fingerprint density at radius 2 is 2.21 bits per heavy atom. The summed E-state index contributed by atoms with van der Waals surface area (Å²) in [7, 11) is 0. The number of rotatable bonds is 3. The van der Waals surface area contributed by atoms with Gasteiger partial charge < -0.3 is 5.32 Å². The lowest BCUT2D eigenvalue weighted by atomic mass is 10.0. The predicted octanol–water partition coefficient (Wildman–Crippen LogP) is 3.29. The number of halogens is 3. The first-order chi connectivity index (χ1) is 11.4. The van der Waals surface area contributed by atoms with Crippen LogP contribution in [0.15, 0.2) is 17.6 Å². The number of aromatic nitrogens is 3. The van der Waals surface area contributed by atoms with Crippen molar-refractivity contribution in [1.82, 2.24) is 14.8 Å². The highest BCUT2D eigenvalue weighted by Gasteiger charge is 2.49. The summed E-state index contributed by atoms with van der Waals surface area (Å²) in [6.45, 7) is 0. The van der Waals surface area contributed by atoms with Crippen LogP contribution in [0.4, 0.5) is 24.1 Å². The van der Waals surface area contributed by atoms with Gasteiger partial charge in [0.15, 0.2) is 16.9 Å². The van der Waals surface area contributed by atoms with Crippen LogP contribution < -0.4 is 10.6 Å². The van der Waals surface area contributed by atoms with Crippen molar-refractivity contribution < 1.29 is 18.0 Å². The van der Waals surface area contributed by atoms with E-state index in [2.05, 4.69) is 20.7 Å². The minimum Gasteiger partial charge on any atom is -0.367 e. The number of anilines is 2. The Balaban J connectivity index is 1.62. The van der Waals surface area contributed by atoms with Crippen LogP contribution in [-0.4, -0.2) is 32.9 Å². The zero-order valence-corrected chi connectivity index (χ0v) is 13.2. The first-order valence-electron chi connectivity index (χ1n) is 7.55. The monoisotopic (exact) mass is 357 g/mol. The Hall–Kier alpha value is -2.10. The number of hydrogen-bond acceptors (Lipinski definition) is 5. The smallest absolute Gasteiger partial charge is 0.367 e. The van der Waals surface area contributed by atoms with Gasteiger partial charge in [0.2, 0.25) is 0 Å². The normalized spacial score (nSPS) is 23.5. The summed E-state index contributed by atoms with van der Waals surface area (Å²) in [6, 6.07) is -0.563. The third kappa shape index (κ3) is 2.85. The van der Waals surface area contributed by atoms with E-state index in [1.165, 1.54) is 23.6 Å². The highest BCUT2D eigenvalue weighted by molar-refractivity contribution is 7.13. The number of carbonyl (C=O) groups excluding carboxylic acids is 1. The quantitative estimate of drug-likeness (QED) is 0.884. The third-order valence-corrected chi connectivity index (χ3v) is 4.98. The van der Waals surface area contributed by atoms with Crippen LogP contribution >= 0.6 is 11.3 Å². The van der Waals surface area contributed by atoms with E-state index in [0.717, 1.165) is 17.5 Å². The van der Waals surface area contributed by atoms with E-state index in [1.54, 1.807) is 5.38 Å². The third-order valence-electron chi connectivity index (χ3n) is 4.30. The average molecular weight is 357 g/mol. The molecule has 0 unspecified atom stereocenters. The second kappa shape index (κ2) is 5.47. The minimum atomic E-state index is -4.40. The van der Waals surface area contributed by atoms with Crippen LogP contribution in [0.5, 0.6) is 0 Å². The van der Waals surface area contributed by atoms with Crippen LogP contribution in [0.3, 0.4) is 0 Å². The van der Waals surface area contributed by atoms with Gasteiger partial charge in [0.25, 0.3) is 5.91 Å². The van der Waals surface area contributed by atoms with Crippen LogP contribution in [0.2, 0.25) is 0 Å². The van der Waals surface area contributed by atoms with Crippen LogP contribution in [-0.2, 0) is 0 Å². The van der Waals surface area contributed by atoms with Crippen molar-refractivity contribution in [1.29, 1.82) is 0 Å². The number of nitrogens with zero attached hydrogens (tertiary/aromatic N) is 3. The lowest BCUT2D eigenvalue weighted by molar-refractivity contribution is -0.174. The van der Waals surface area contributed by atoms with E-state index in [1.807, 2.05) is 0 Å². The van der Waals surface area contributed by atoms with Gasteiger partial charge >= 0.3 is 6.18 Å². The van der Waals surface area contributed by atoms with Crippen LogP contribution in [0.25, 0.3) is 0 Å². The fourth-order valence-electron chi connectivity index (χ4n) is 2.97. The molecular weight excluding hydrogens is 343 g/mol. The number of amides is 1. The van der Waals surface area contributed by atoms with Crippen molar-refractivity contribution in [3.8, 4) is 0 Å². The molecule has 6 nitrogen and oxygen atoms in total. The lowest BCUT2D eigenvalue weighted by Crippen LogP contribution is -2.40. The number of thiazole rings is 1. The molecule has 2 atom stereocenters. The molecule has 2 aromatic rings. The summed E-state index contributed by atoms with van der Waals surface area (Å²) in [6.07, 6.45) is -1.06. The molecule has 2 aliphatic rings. The predicted molar refractivity (Wildman–Crippen MR) is 82.1 cm³/mol. The highest BCUT2D eigenvalue weighted by Crippen LogP contribution is 2.45. The SMILES string of the molecule is O=C(Nc1nccs1)c1cc2n(n1)[C@H](C(F)(F)F)C[C@@H](C1CC1)N2. The molecule has 2 aromatic heterocycles. The van der Waals surface area contributed by atoms with Gasteiger partial charge in [-0.25, -0.2) is 9.67 Å². The summed E-state index contributed by atoms with van der Waals surface area (Å²) in [5, 5.41) is 11.6. The van der Waals surface area contributed by atoms with Gasteiger partial charge in [0.1, 0.15) is 5.82 Å². The molecular formula is C14H14F3N5OS. The van der Waals surface area contributed by atoms with Crippen molar-refractivity contribution in [2.45, 2.75) is 37.5 Å². The number of hydrogen-bond donors (Lipinski definition) is 2. The molecule has 0 spiro atoms. The minimum absolute atomic E-state index is 0.0570. The standard InChI is InChI=1S/C14H14F3N5OS/c15-14(16,17)10-5-8(7-1-2-7)19-11-6-9(21-22(10)11)12(23)20-13-18-3-4-24-13/h3-4,6-8,10,19H,1-2,5H2,(H,18,20,23)/t8-,10-/m0/s1. The fourth-order valence-corrected chi connectivity index (χ4v) is 3.49. The molecule has 0 radical (unpaired) electrons. The first-order valence-corrected chi connectivity index (χ1v) is 8.43. The van der Waals surface area contributed by atoms with Crippen molar-refractivity contribution in [3.63, 3.8) is 0 Å². The van der Waals surface area contributed by atoms with Gasteiger partial charge in [0.05, 0.1) is 0 Å². The van der Waals surface area contributed by atoms with Gasteiger partial charge in [0, 0.05) is 23.7 Å². The second-order valence-electron chi connectivity index (χ2n) is 6.03. The molecule has 128 valence electrons. The molecule has 2 N–H and O–H groups in total. The van der Waals surface area contributed by atoms with E-state index >= 15 is 0 Å². The second-order valence-corrected chi connectivity index (χ2v) is 6.93. The lowest BCUT2D eigenvalue weighted by Gasteiger charge is -2.33. The fraction of sp³-hybridized carbons (Fsp3) is 0.500. The van der Waals surface area contributed by atoms with E-state index in [-0.39, 0.29) is 29.9 Å². The number of alkyl halides is 3. The zero-order chi connectivity index (χ0) is 16.9. The van der Waals surface area contributed by atoms with Gasteiger partial charge in [-0.2, -0.15) is 18.3 Å². The summed E-state index contributed by atoms with van der Waals surface area (Å²) < 4.78 is 41.1. The molecule has 0 bridgehead atoms. The molecule has 4 rings (SSSR count). The summed E-state index contributed by atoms with van der Waals surface area (Å²) in [4.78, 5) is 16.1. The first kappa shape index (κ1) is 15.4. The van der Waals surface area contributed by atoms with Crippen molar-refractivity contribution >= 4 is 28.2 Å². The molecule has 1 aliphatic heterocycles. The molecule has 1 aliphatic carbocycles. The molecule has 0 aromatic carbocycles. The Morgan fingerprint density at radius 3 is 2.83 bits per heavy atom. The average Bonchev–Trinajstić information content (AvgIpc) is 3.07. The maximum atomic E-state index is 13.4. The van der Waals surface area contributed by atoms with Gasteiger partial charge in [-0.3, -0.25) is 10.1 Å². The largest absolute Gasteiger partial charge is 0.410 e. The van der Waals surface area contributed by atoms with Crippen molar-refractivity contribution in [2.75, 3.05) is 10.6 Å². The molecule has 1 fully saturated rings. The summed E-state index contributed by atoms with van der Waals surface area (Å²) in [5.74, 6) is -0.0617. The van der Waals surface area contributed by atoms with E-state index in [9.17, 15) is 18.0 Å². The van der Waals surface area contributed by atoms with Crippen LogP contribution in [0, 0.1) is 5.92 Å². The molecule has 3 heterocycles. The van der Waals surface area contributed by atoms with Crippen LogP contribution in [0.1, 0.15) is 35.8 Å². The zero-order valence-electron chi connectivity index (χ0n) is 12.4.